The number of hydrogen-bond acceptors (Lipinski definition) is 4. The van der Waals surface area contributed by atoms with E-state index in [-0.39, 0.29) is 12.5 Å². The van der Waals surface area contributed by atoms with Crippen LogP contribution in [0, 0.1) is 0 Å². The molecule has 1 atom stereocenters. The molecule has 5 nitrogen and oxygen atoms in total. The molecule has 1 heterocycles. The Kier molecular flexibility index (Phi) is 3.86. The number of pyridine rings is 1. The van der Waals surface area contributed by atoms with Gasteiger partial charge in [-0.1, -0.05) is 6.07 Å². The van der Waals surface area contributed by atoms with Gasteiger partial charge in [-0.25, -0.2) is 0 Å². The summed E-state index contributed by atoms with van der Waals surface area (Å²) in [6.07, 6.45) is 1.71. The summed E-state index contributed by atoms with van der Waals surface area (Å²) >= 11 is 0. The number of methoxy groups -OCH3 is 1. The Balaban J connectivity index is 2.24. The quantitative estimate of drug-likeness (QED) is 0.847. The van der Waals surface area contributed by atoms with E-state index < -0.39 is 6.04 Å². The summed E-state index contributed by atoms with van der Waals surface area (Å²) in [5, 5.41) is 3.67. The predicted molar refractivity (Wildman–Crippen MR) is 70.2 cm³/mol. The van der Waals surface area contributed by atoms with Gasteiger partial charge in [0.15, 0.2) is 0 Å². The minimum atomic E-state index is -0.679. The molecule has 1 aromatic carbocycles. The number of ether oxygens (including phenoxy) is 1. The van der Waals surface area contributed by atoms with Crippen LogP contribution in [0.15, 0.2) is 36.5 Å². The molecular weight excluding hydrogens is 230 g/mol. The van der Waals surface area contributed by atoms with Crippen LogP contribution < -0.4 is 11.1 Å². The number of fused-ring (bicyclic) bond motifs is 1. The van der Waals surface area contributed by atoms with Crippen molar-refractivity contribution in [2.24, 2.45) is 5.73 Å². The first-order valence-electron chi connectivity index (χ1n) is 5.61. The Morgan fingerprint density at radius 2 is 2.28 bits per heavy atom. The number of rotatable bonds is 4. The van der Waals surface area contributed by atoms with E-state index >= 15 is 0 Å². The van der Waals surface area contributed by atoms with Crippen LogP contribution in [0.3, 0.4) is 0 Å². The maximum atomic E-state index is 11.8. The maximum Gasteiger partial charge on any atom is 0.243 e. The van der Waals surface area contributed by atoms with Gasteiger partial charge in [-0.2, -0.15) is 0 Å². The van der Waals surface area contributed by atoms with Crippen LogP contribution in [0.4, 0.5) is 5.69 Å². The van der Waals surface area contributed by atoms with Gasteiger partial charge < -0.3 is 15.8 Å². The fraction of sp³-hybridized carbons (Fsp3) is 0.231. The second kappa shape index (κ2) is 5.57. The van der Waals surface area contributed by atoms with Gasteiger partial charge in [-0.3, -0.25) is 9.78 Å². The first-order valence-corrected chi connectivity index (χ1v) is 5.61. The van der Waals surface area contributed by atoms with Gasteiger partial charge >= 0.3 is 0 Å². The fourth-order valence-corrected chi connectivity index (χ4v) is 1.69. The van der Waals surface area contributed by atoms with E-state index in [0.717, 1.165) is 10.9 Å². The fourth-order valence-electron chi connectivity index (χ4n) is 1.69. The Morgan fingerprint density at radius 1 is 1.44 bits per heavy atom. The lowest BCUT2D eigenvalue weighted by atomic mass is 10.1. The molecule has 3 N–H and O–H groups in total. The highest BCUT2D eigenvalue weighted by atomic mass is 16.5. The van der Waals surface area contributed by atoms with E-state index in [1.165, 1.54) is 7.11 Å². The van der Waals surface area contributed by atoms with Gasteiger partial charge in [0.25, 0.3) is 0 Å². The highest BCUT2D eigenvalue weighted by Gasteiger charge is 2.14. The van der Waals surface area contributed by atoms with E-state index in [4.69, 9.17) is 10.5 Å². The van der Waals surface area contributed by atoms with Crippen LogP contribution in [0.2, 0.25) is 0 Å². The molecule has 0 radical (unpaired) electrons. The monoisotopic (exact) mass is 245 g/mol. The molecule has 1 amide bonds. The van der Waals surface area contributed by atoms with E-state index in [1.807, 2.05) is 30.3 Å². The number of nitrogens with one attached hydrogen (secondary N) is 1. The first-order chi connectivity index (χ1) is 8.72. The summed E-state index contributed by atoms with van der Waals surface area (Å²) in [7, 11) is 1.51. The lowest BCUT2D eigenvalue weighted by Gasteiger charge is -2.12. The lowest BCUT2D eigenvalue weighted by molar-refractivity contribution is -0.118. The third-order valence-electron chi connectivity index (χ3n) is 2.59. The molecule has 1 unspecified atom stereocenters. The number of carbonyl (C=O) groups excluding carboxylic acids is 1. The molecule has 0 aliphatic heterocycles. The van der Waals surface area contributed by atoms with Gasteiger partial charge in [-0.15, -0.1) is 0 Å². The first kappa shape index (κ1) is 12.5. The third kappa shape index (κ3) is 2.64. The number of anilines is 1. The molecule has 0 bridgehead atoms. The summed E-state index contributed by atoms with van der Waals surface area (Å²) in [6.45, 7) is 0.189. The smallest absolute Gasteiger partial charge is 0.243 e. The largest absolute Gasteiger partial charge is 0.383 e. The Bertz CT molecular complexity index is 551. The molecule has 2 aromatic rings. The molecule has 0 aliphatic carbocycles. The van der Waals surface area contributed by atoms with Gasteiger partial charge in [0.05, 0.1) is 17.8 Å². The molecule has 0 aliphatic rings. The molecule has 94 valence electrons. The average Bonchev–Trinajstić information content (AvgIpc) is 2.39. The number of nitrogens with zero attached hydrogens (tertiary/aromatic N) is 1. The van der Waals surface area contributed by atoms with Crippen molar-refractivity contribution in [2.75, 3.05) is 19.0 Å². The van der Waals surface area contributed by atoms with E-state index in [1.54, 1.807) is 6.20 Å². The summed E-state index contributed by atoms with van der Waals surface area (Å²) in [5.41, 5.74) is 7.20. The van der Waals surface area contributed by atoms with Crippen LogP contribution in [0.25, 0.3) is 10.9 Å². The number of carbonyl (C=O) groups is 1. The minimum absolute atomic E-state index is 0.189. The van der Waals surface area contributed by atoms with Crippen molar-refractivity contribution in [3.63, 3.8) is 0 Å². The zero-order valence-corrected chi connectivity index (χ0v) is 10.1. The molecule has 0 fully saturated rings. The Morgan fingerprint density at radius 3 is 3.06 bits per heavy atom. The van der Waals surface area contributed by atoms with Crippen LogP contribution in [-0.4, -0.2) is 30.6 Å². The topological polar surface area (TPSA) is 77.2 Å². The SMILES string of the molecule is COCC(N)C(=O)Nc1cccc2ncccc12. The molecule has 18 heavy (non-hydrogen) atoms. The molecule has 0 saturated heterocycles. The highest BCUT2D eigenvalue weighted by molar-refractivity contribution is 6.02. The highest BCUT2D eigenvalue weighted by Crippen LogP contribution is 2.21. The average molecular weight is 245 g/mol. The van der Waals surface area contributed by atoms with Gasteiger partial charge in [0, 0.05) is 18.7 Å². The lowest BCUT2D eigenvalue weighted by Crippen LogP contribution is -2.39. The Labute approximate surface area is 105 Å². The van der Waals surface area contributed by atoms with Crippen LogP contribution in [0.5, 0.6) is 0 Å². The van der Waals surface area contributed by atoms with E-state index in [2.05, 4.69) is 10.3 Å². The third-order valence-corrected chi connectivity index (χ3v) is 2.59. The van der Waals surface area contributed by atoms with Gasteiger partial charge in [-0.05, 0) is 24.3 Å². The number of aromatic nitrogens is 1. The normalized spacial score (nSPS) is 12.3. The number of nitrogens with two attached hydrogens (primary N) is 1. The van der Waals surface area contributed by atoms with Gasteiger partial charge in [0.2, 0.25) is 5.91 Å². The van der Waals surface area contributed by atoms with Crippen LogP contribution >= 0.6 is 0 Å². The maximum absolute atomic E-state index is 11.8. The van der Waals surface area contributed by atoms with Crippen molar-refractivity contribution in [3.05, 3.63) is 36.5 Å². The zero-order valence-electron chi connectivity index (χ0n) is 10.1. The zero-order chi connectivity index (χ0) is 13.0. The van der Waals surface area contributed by atoms with Crippen molar-refractivity contribution in [1.29, 1.82) is 0 Å². The minimum Gasteiger partial charge on any atom is -0.383 e. The van der Waals surface area contributed by atoms with Crippen LogP contribution in [0.1, 0.15) is 0 Å². The Hall–Kier alpha value is -1.98. The predicted octanol–water partition coefficient (Wildman–Crippen LogP) is 1.15. The van der Waals surface area contributed by atoms with Crippen molar-refractivity contribution < 1.29 is 9.53 Å². The van der Waals surface area contributed by atoms with Gasteiger partial charge in [0.1, 0.15) is 6.04 Å². The number of hydrogen-bond donors (Lipinski definition) is 2. The molecular formula is C13H15N3O2. The second-order valence-corrected chi connectivity index (χ2v) is 3.93. The molecule has 2 rings (SSSR count). The van der Waals surface area contributed by atoms with Crippen LogP contribution in [-0.2, 0) is 9.53 Å². The summed E-state index contributed by atoms with van der Waals surface area (Å²) in [5.74, 6) is -0.270. The summed E-state index contributed by atoms with van der Waals surface area (Å²) < 4.78 is 4.85. The van der Waals surface area contributed by atoms with Crippen molar-refractivity contribution in [2.45, 2.75) is 6.04 Å². The van der Waals surface area contributed by atoms with E-state index in [9.17, 15) is 4.79 Å². The molecule has 0 spiro atoms. The number of benzene rings is 1. The molecule has 0 saturated carbocycles. The summed E-state index contributed by atoms with van der Waals surface area (Å²) in [4.78, 5) is 16.0. The van der Waals surface area contributed by atoms with Crippen molar-refractivity contribution in [1.82, 2.24) is 4.98 Å². The summed E-state index contributed by atoms with van der Waals surface area (Å²) in [6, 6.07) is 8.60. The second-order valence-electron chi connectivity index (χ2n) is 3.93. The molecule has 5 heteroatoms. The van der Waals surface area contributed by atoms with Crippen molar-refractivity contribution in [3.8, 4) is 0 Å². The molecule has 1 aromatic heterocycles. The number of amides is 1. The van der Waals surface area contributed by atoms with E-state index in [0.29, 0.717) is 5.69 Å². The standard InChI is InChI=1S/C13H15N3O2/c1-18-8-10(14)13(17)16-12-6-2-5-11-9(12)4-3-7-15-11/h2-7,10H,8,14H2,1H3,(H,16,17). The van der Waals surface area contributed by atoms with Crippen molar-refractivity contribution >= 4 is 22.5 Å².